The van der Waals surface area contributed by atoms with Gasteiger partial charge in [-0.1, -0.05) is 51.0 Å². The molecule has 1 radical (unpaired) electrons. The van der Waals surface area contributed by atoms with Gasteiger partial charge in [0.15, 0.2) is 0 Å². The maximum Gasteiger partial charge on any atom is 0.256 e. The summed E-state index contributed by atoms with van der Waals surface area (Å²) >= 11 is 11.3. The second kappa shape index (κ2) is 8.66. The van der Waals surface area contributed by atoms with E-state index in [-0.39, 0.29) is 42.5 Å². The van der Waals surface area contributed by atoms with Crippen molar-refractivity contribution in [3.8, 4) is 0 Å². The largest absolute Gasteiger partial charge is 0.341 e. The average Bonchev–Trinajstić information content (AvgIpc) is 2.36. The molecule has 1 amide bonds. The standard InChI is InChI=1S/C13H9BrClF2INO.Y/c14-7-1-2-8(9(15)5-7)11-4-3-10(18)13(20)19(11)6-12(16)17;/h1-2,5,10,12H,3,6H2;/q-1;. The Labute approximate surface area is 173 Å². The number of carbonyl (C=O) groups is 1. The summed E-state index contributed by atoms with van der Waals surface area (Å²) in [4.78, 5) is 13.2. The maximum atomic E-state index is 12.7. The number of hydrogen-bond acceptors (Lipinski definition) is 1. The molecular weight excluding hydrogens is 555 g/mol. The van der Waals surface area contributed by atoms with Crippen molar-refractivity contribution in [2.75, 3.05) is 6.54 Å². The monoisotopic (exact) mass is 563 g/mol. The third kappa shape index (κ3) is 4.93. The number of benzene rings is 1. The van der Waals surface area contributed by atoms with E-state index in [4.69, 9.17) is 11.6 Å². The fourth-order valence-electron chi connectivity index (χ4n) is 1.89. The number of amides is 1. The van der Waals surface area contributed by atoms with Gasteiger partial charge in [-0.25, -0.2) is 14.9 Å². The summed E-state index contributed by atoms with van der Waals surface area (Å²) in [5.41, 5.74) is 0.868. The molecule has 1 atom stereocenters. The summed E-state index contributed by atoms with van der Waals surface area (Å²) < 4.78 is 25.8. The van der Waals surface area contributed by atoms with E-state index < -0.39 is 13.0 Å². The SMILES string of the molecule is O=C1C(I)C[C-]=C(c2ccc(Br)cc2Cl)N1CC(F)F.[Y]. The van der Waals surface area contributed by atoms with E-state index in [9.17, 15) is 13.6 Å². The summed E-state index contributed by atoms with van der Waals surface area (Å²) in [6.45, 7) is -0.646. The summed E-state index contributed by atoms with van der Waals surface area (Å²) in [5, 5.41) is 0.390. The zero-order valence-electron chi connectivity index (χ0n) is 10.6. The molecule has 0 aromatic heterocycles. The van der Waals surface area contributed by atoms with Crippen LogP contribution in [0.1, 0.15) is 12.0 Å². The van der Waals surface area contributed by atoms with Gasteiger partial charge in [0.1, 0.15) is 0 Å². The van der Waals surface area contributed by atoms with Crippen molar-refractivity contribution in [1.82, 2.24) is 4.90 Å². The van der Waals surface area contributed by atoms with Gasteiger partial charge in [-0.15, -0.1) is 28.9 Å². The van der Waals surface area contributed by atoms with E-state index in [0.29, 0.717) is 22.7 Å². The van der Waals surface area contributed by atoms with E-state index in [1.165, 1.54) is 0 Å². The Hall–Kier alpha value is 0.894. The predicted molar refractivity (Wildman–Crippen MR) is 85.9 cm³/mol. The number of allylic oxidation sites excluding steroid dienone is 1. The van der Waals surface area contributed by atoms with Gasteiger partial charge in [0.25, 0.3) is 6.43 Å². The first-order chi connectivity index (χ1) is 9.40. The summed E-state index contributed by atoms with van der Waals surface area (Å²) in [6.07, 6.45) is 0.797. The molecule has 0 saturated carbocycles. The van der Waals surface area contributed by atoms with Gasteiger partial charge in [-0.3, -0.25) is 4.79 Å². The third-order valence-electron chi connectivity index (χ3n) is 2.76. The minimum atomic E-state index is -2.60. The fraction of sp³-hybridized carbons (Fsp3) is 0.308. The van der Waals surface area contributed by atoms with Crippen LogP contribution in [0, 0.1) is 6.08 Å². The second-order valence-electron chi connectivity index (χ2n) is 4.16. The zero-order chi connectivity index (χ0) is 14.9. The Morgan fingerprint density at radius 3 is 2.76 bits per heavy atom. The van der Waals surface area contributed by atoms with E-state index in [0.717, 1.165) is 9.37 Å². The van der Waals surface area contributed by atoms with Crippen molar-refractivity contribution in [2.24, 2.45) is 0 Å². The predicted octanol–water partition coefficient (Wildman–Crippen LogP) is 4.55. The first kappa shape index (κ1) is 19.9. The molecule has 0 bridgehead atoms. The molecule has 1 unspecified atom stereocenters. The fourth-order valence-corrected chi connectivity index (χ4v) is 3.21. The van der Waals surface area contributed by atoms with E-state index in [1.54, 1.807) is 18.2 Å². The summed E-state index contributed by atoms with van der Waals surface area (Å²) in [7, 11) is 0. The van der Waals surface area contributed by atoms with E-state index >= 15 is 0 Å². The van der Waals surface area contributed by atoms with Gasteiger partial charge < -0.3 is 4.90 Å². The van der Waals surface area contributed by atoms with E-state index in [2.05, 4.69) is 22.0 Å². The van der Waals surface area contributed by atoms with Crippen LogP contribution in [-0.4, -0.2) is 27.7 Å². The molecular formula is C13H9BrClF2INOY-. The number of carbonyl (C=O) groups excluding carboxylic acids is 1. The van der Waals surface area contributed by atoms with Crippen LogP contribution < -0.4 is 0 Å². The zero-order valence-corrected chi connectivity index (χ0v) is 18.0. The Bertz CT molecular complexity index is 573. The molecule has 111 valence electrons. The molecule has 8 heteroatoms. The first-order valence-corrected chi connectivity index (χ1v) is 8.11. The minimum Gasteiger partial charge on any atom is -0.341 e. The van der Waals surface area contributed by atoms with Gasteiger partial charge >= 0.3 is 0 Å². The molecule has 0 saturated heterocycles. The van der Waals surface area contributed by atoms with Crippen LogP contribution in [0.25, 0.3) is 5.70 Å². The number of rotatable bonds is 3. The van der Waals surface area contributed by atoms with Crippen LogP contribution in [0.3, 0.4) is 0 Å². The molecule has 21 heavy (non-hydrogen) atoms. The van der Waals surface area contributed by atoms with Crippen molar-refractivity contribution >= 4 is 61.7 Å². The van der Waals surface area contributed by atoms with Crippen molar-refractivity contribution in [3.63, 3.8) is 0 Å². The molecule has 1 aliphatic rings. The molecule has 0 fully saturated rings. The Balaban J connectivity index is 0.00000220. The number of halogens is 5. The molecule has 1 aliphatic heterocycles. The smallest absolute Gasteiger partial charge is 0.256 e. The van der Waals surface area contributed by atoms with Crippen LogP contribution in [0.15, 0.2) is 22.7 Å². The number of alkyl halides is 3. The summed E-state index contributed by atoms with van der Waals surface area (Å²) in [5.74, 6) is -0.335. The van der Waals surface area contributed by atoms with Crippen LogP contribution in [0.5, 0.6) is 0 Å². The normalized spacial score (nSPS) is 18.6. The Kier molecular flexibility index (Phi) is 8.23. The van der Waals surface area contributed by atoms with Crippen molar-refractivity contribution in [1.29, 1.82) is 0 Å². The van der Waals surface area contributed by atoms with Crippen molar-refractivity contribution < 1.29 is 46.3 Å². The van der Waals surface area contributed by atoms with Gasteiger partial charge in [-0.2, -0.15) is 0 Å². The van der Waals surface area contributed by atoms with Crippen molar-refractivity contribution in [2.45, 2.75) is 16.8 Å². The first-order valence-electron chi connectivity index (χ1n) is 5.70. The molecule has 0 spiro atoms. The quantitative estimate of drug-likeness (QED) is 0.300. The van der Waals surface area contributed by atoms with Crippen LogP contribution in [0.4, 0.5) is 8.78 Å². The molecule has 0 aliphatic carbocycles. The van der Waals surface area contributed by atoms with Gasteiger partial charge in [0.2, 0.25) is 5.91 Å². The molecule has 2 nitrogen and oxygen atoms in total. The van der Waals surface area contributed by atoms with Gasteiger partial charge in [0, 0.05) is 37.2 Å². The maximum absolute atomic E-state index is 12.7. The second-order valence-corrected chi connectivity index (χ2v) is 6.99. The molecule has 2 rings (SSSR count). The molecule has 0 N–H and O–H groups in total. The van der Waals surface area contributed by atoms with Gasteiger partial charge in [-0.05, 0) is 11.1 Å². The van der Waals surface area contributed by atoms with Crippen molar-refractivity contribution in [3.05, 3.63) is 39.3 Å². The average molecular weight is 564 g/mol. The Morgan fingerprint density at radius 2 is 2.19 bits per heavy atom. The number of hydrogen-bond donors (Lipinski definition) is 0. The molecule has 1 heterocycles. The number of nitrogens with zero attached hydrogens (tertiary/aromatic N) is 1. The topological polar surface area (TPSA) is 20.3 Å². The van der Waals surface area contributed by atoms with Crippen LogP contribution in [0.2, 0.25) is 5.02 Å². The van der Waals surface area contributed by atoms with Crippen LogP contribution in [-0.2, 0) is 37.5 Å². The van der Waals surface area contributed by atoms with E-state index in [1.807, 2.05) is 22.6 Å². The van der Waals surface area contributed by atoms with Gasteiger partial charge in [0.05, 0.1) is 10.5 Å². The molecule has 1 aromatic rings. The molecule has 1 aromatic carbocycles. The minimum absolute atomic E-state index is 0. The third-order valence-corrected chi connectivity index (χ3v) is 4.54. The summed E-state index contributed by atoms with van der Waals surface area (Å²) in [6, 6.07) is 5.10. The Morgan fingerprint density at radius 1 is 1.52 bits per heavy atom. The van der Waals surface area contributed by atoms with Crippen LogP contribution >= 0.6 is 50.1 Å².